The average Bonchev–Trinajstić information content (AvgIpc) is 3.05. The predicted molar refractivity (Wildman–Crippen MR) is 120 cm³/mol. The summed E-state index contributed by atoms with van der Waals surface area (Å²) >= 11 is 17.9. The van der Waals surface area contributed by atoms with Gasteiger partial charge >= 0.3 is 0 Å². The molecule has 0 aliphatic rings. The van der Waals surface area contributed by atoms with Gasteiger partial charge in [-0.15, -0.1) is 11.3 Å². The lowest BCUT2D eigenvalue weighted by atomic mass is 10.0. The Kier molecular flexibility index (Phi) is 5.37. The van der Waals surface area contributed by atoms with Crippen molar-refractivity contribution in [3.05, 3.63) is 68.2 Å². The van der Waals surface area contributed by atoms with E-state index < -0.39 is 0 Å². The number of nitrogens with one attached hydrogen (secondary N) is 1. The minimum atomic E-state index is 0.547. The maximum absolute atomic E-state index is 6.34. The van der Waals surface area contributed by atoms with Crippen LogP contribution < -0.4 is 5.32 Å². The van der Waals surface area contributed by atoms with Crippen molar-refractivity contribution >= 4 is 72.2 Å². The molecular formula is C20H14BrCl2N3S. The highest BCUT2D eigenvalue weighted by molar-refractivity contribution is 9.10. The maximum Gasteiger partial charge on any atom is 0.143 e. The summed E-state index contributed by atoms with van der Waals surface area (Å²) in [4.78, 5) is 11.2. The largest absolute Gasteiger partial charge is 0.337 e. The Balaban J connectivity index is 1.94. The van der Waals surface area contributed by atoms with E-state index in [-0.39, 0.29) is 0 Å². The second-order valence-electron chi connectivity index (χ2n) is 5.88. The normalized spacial score (nSPS) is 11.1. The van der Waals surface area contributed by atoms with Gasteiger partial charge in [0.1, 0.15) is 17.0 Å². The number of thiophene rings is 1. The molecule has 3 nitrogen and oxygen atoms in total. The fraction of sp³-hybridized carbons (Fsp3) is 0.100. The van der Waals surface area contributed by atoms with Gasteiger partial charge in [-0.2, -0.15) is 0 Å². The zero-order chi connectivity index (χ0) is 19.0. The zero-order valence-electron chi connectivity index (χ0n) is 14.3. The van der Waals surface area contributed by atoms with Crippen LogP contribution in [0.1, 0.15) is 11.8 Å². The molecule has 1 N–H and O–H groups in total. The first-order chi connectivity index (χ1) is 13.1. The minimum absolute atomic E-state index is 0.547. The van der Waals surface area contributed by atoms with Gasteiger partial charge in [-0.05, 0) is 36.2 Å². The molecule has 4 rings (SSSR count). The summed E-state index contributed by atoms with van der Waals surface area (Å²) in [7, 11) is 0. The number of halogens is 3. The second-order valence-corrected chi connectivity index (χ2v) is 8.70. The number of aromatic nitrogens is 2. The number of hydrogen-bond acceptors (Lipinski definition) is 4. The van der Waals surface area contributed by atoms with E-state index in [0.29, 0.717) is 21.6 Å². The Hall–Kier alpha value is -1.66. The molecule has 2 aromatic heterocycles. The maximum atomic E-state index is 6.34. The summed E-state index contributed by atoms with van der Waals surface area (Å²) in [6.45, 7) is 2.15. The smallest absolute Gasteiger partial charge is 0.143 e. The van der Waals surface area contributed by atoms with Gasteiger partial charge in [0.15, 0.2) is 0 Å². The highest BCUT2D eigenvalue weighted by atomic mass is 79.9. The van der Waals surface area contributed by atoms with E-state index in [9.17, 15) is 0 Å². The van der Waals surface area contributed by atoms with Gasteiger partial charge in [-0.3, -0.25) is 0 Å². The van der Waals surface area contributed by atoms with Crippen LogP contribution in [0.2, 0.25) is 10.0 Å². The third-order valence-electron chi connectivity index (χ3n) is 4.22. The average molecular weight is 479 g/mol. The first kappa shape index (κ1) is 18.7. The van der Waals surface area contributed by atoms with Gasteiger partial charge in [0, 0.05) is 14.9 Å². The number of rotatable bonds is 4. The molecule has 7 heteroatoms. The Labute approximate surface area is 179 Å². The fourth-order valence-corrected chi connectivity index (χ4v) is 4.84. The van der Waals surface area contributed by atoms with Crippen LogP contribution in [0.3, 0.4) is 0 Å². The van der Waals surface area contributed by atoms with Crippen molar-refractivity contribution in [1.29, 1.82) is 0 Å². The topological polar surface area (TPSA) is 37.8 Å². The molecule has 0 radical (unpaired) electrons. The molecule has 0 bridgehead atoms. The van der Waals surface area contributed by atoms with Crippen molar-refractivity contribution in [2.24, 2.45) is 0 Å². The quantitative estimate of drug-likeness (QED) is 0.326. The van der Waals surface area contributed by atoms with Crippen LogP contribution in [0.4, 0.5) is 11.5 Å². The van der Waals surface area contributed by atoms with E-state index in [4.69, 9.17) is 23.2 Å². The van der Waals surface area contributed by atoms with Crippen LogP contribution in [-0.4, -0.2) is 9.97 Å². The Bertz CT molecular complexity index is 1110. The van der Waals surface area contributed by atoms with E-state index in [1.807, 2.05) is 18.2 Å². The number of para-hydroxylation sites is 1. The van der Waals surface area contributed by atoms with Crippen molar-refractivity contribution in [3.8, 4) is 11.1 Å². The molecular weight excluding hydrogens is 465 g/mol. The molecule has 0 aliphatic heterocycles. The summed E-state index contributed by atoms with van der Waals surface area (Å²) in [5.74, 6) is 0.698. The minimum Gasteiger partial charge on any atom is -0.337 e. The Morgan fingerprint density at radius 2 is 1.74 bits per heavy atom. The third-order valence-corrected chi connectivity index (χ3v) is 6.62. The van der Waals surface area contributed by atoms with Gasteiger partial charge in [0.25, 0.3) is 0 Å². The first-order valence-corrected chi connectivity index (χ1v) is 10.7. The lowest BCUT2D eigenvalue weighted by molar-refractivity contribution is 1.19. The lowest BCUT2D eigenvalue weighted by Crippen LogP contribution is -1.97. The number of hydrogen-bond donors (Lipinski definition) is 1. The van der Waals surface area contributed by atoms with Gasteiger partial charge in [0.05, 0.1) is 21.1 Å². The number of anilines is 2. The SMILES string of the molecule is CCc1sc2ncnc(Nc3c(Cl)cccc3Cl)c2c1-c1ccc(Br)cc1. The molecule has 0 aliphatic carbocycles. The summed E-state index contributed by atoms with van der Waals surface area (Å²) in [5, 5.41) is 5.40. The zero-order valence-corrected chi connectivity index (χ0v) is 18.2. The van der Waals surface area contributed by atoms with E-state index in [1.165, 1.54) is 4.88 Å². The van der Waals surface area contributed by atoms with Crippen LogP contribution in [0, 0.1) is 0 Å². The Morgan fingerprint density at radius 1 is 1.04 bits per heavy atom. The monoisotopic (exact) mass is 477 g/mol. The van der Waals surface area contributed by atoms with Crippen LogP contribution in [0.15, 0.2) is 53.3 Å². The van der Waals surface area contributed by atoms with Gasteiger partial charge in [-0.1, -0.05) is 64.3 Å². The van der Waals surface area contributed by atoms with E-state index in [0.717, 1.165) is 32.2 Å². The van der Waals surface area contributed by atoms with Crippen molar-refractivity contribution in [2.75, 3.05) is 5.32 Å². The molecule has 2 aromatic carbocycles. The highest BCUT2D eigenvalue weighted by Crippen LogP contribution is 2.43. The molecule has 0 spiro atoms. The van der Waals surface area contributed by atoms with Crippen LogP contribution in [0.25, 0.3) is 21.3 Å². The molecule has 0 atom stereocenters. The third kappa shape index (κ3) is 3.57. The molecule has 0 saturated carbocycles. The van der Waals surface area contributed by atoms with Gasteiger partial charge in [0.2, 0.25) is 0 Å². The van der Waals surface area contributed by atoms with Crippen molar-refractivity contribution < 1.29 is 0 Å². The fourth-order valence-electron chi connectivity index (χ4n) is 2.98. The molecule has 4 aromatic rings. The number of aryl methyl sites for hydroxylation is 1. The second kappa shape index (κ2) is 7.76. The van der Waals surface area contributed by atoms with Crippen molar-refractivity contribution in [3.63, 3.8) is 0 Å². The van der Waals surface area contributed by atoms with E-state index in [1.54, 1.807) is 29.8 Å². The van der Waals surface area contributed by atoms with Crippen molar-refractivity contribution in [2.45, 2.75) is 13.3 Å². The molecule has 0 saturated heterocycles. The number of nitrogens with zero attached hydrogens (tertiary/aromatic N) is 2. The van der Waals surface area contributed by atoms with Gasteiger partial charge < -0.3 is 5.32 Å². The molecule has 0 unspecified atom stereocenters. The summed E-state index contributed by atoms with van der Waals surface area (Å²) in [5.41, 5.74) is 2.92. The Morgan fingerprint density at radius 3 is 2.41 bits per heavy atom. The summed E-state index contributed by atoms with van der Waals surface area (Å²) in [6, 6.07) is 13.7. The standard InChI is InChI=1S/C20H14BrCl2N3S/c1-2-15-16(11-6-8-12(21)9-7-11)17-19(24-10-25-20(17)27-15)26-18-13(22)4-3-5-14(18)23/h3-10H,2H2,1H3,(H,24,25,26). The molecule has 136 valence electrons. The molecule has 27 heavy (non-hydrogen) atoms. The summed E-state index contributed by atoms with van der Waals surface area (Å²) in [6.07, 6.45) is 2.48. The lowest BCUT2D eigenvalue weighted by Gasteiger charge is -2.12. The van der Waals surface area contributed by atoms with Crippen LogP contribution >= 0.6 is 50.5 Å². The summed E-state index contributed by atoms with van der Waals surface area (Å²) < 4.78 is 1.04. The van der Waals surface area contributed by atoms with Crippen LogP contribution in [0.5, 0.6) is 0 Å². The van der Waals surface area contributed by atoms with E-state index >= 15 is 0 Å². The van der Waals surface area contributed by atoms with E-state index in [2.05, 4.69) is 50.3 Å². The number of fused-ring (bicyclic) bond motifs is 1. The van der Waals surface area contributed by atoms with Crippen LogP contribution in [-0.2, 0) is 6.42 Å². The molecule has 2 heterocycles. The molecule has 0 fully saturated rings. The predicted octanol–water partition coefficient (Wildman–Crippen LogP) is 7.73. The van der Waals surface area contributed by atoms with Crippen molar-refractivity contribution in [1.82, 2.24) is 9.97 Å². The van der Waals surface area contributed by atoms with Gasteiger partial charge in [-0.25, -0.2) is 9.97 Å². The molecule has 0 amide bonds. The highest BCUT2D eigenvalue weighted by Gasteiger charge is 2.19. The first-order valence-electron chi connectivity index (χ1n) is 8.31. The number of benzene rings is 2.